The molecule has 58 heavy (non-hydrogen) atoms. The van der Waals surface area contributed by atoms with Gasteiger partial charge in [-0.25, -0.2) is 0 Å². The van der Waals surface area contributed by atoms with Crippen molar-refractivity contribution in [2.24, 2.45) is 0 Å². The Morgan fingerprint density at radius 3 is 1.34 bits per heavy atom. The lowest BCUT2D eigenvalue weighted by atomic mass is 9.96. The number of hydrogen-bond donors (Lipinski definition) is 0. The molecule has 0 aliphatic heterocycles. The van der Waals surface area contributed by atoms with E-state index < -0.39 is 0 Å². The van der Waals surface area contributed by atoms with Gasteiger partial charge in [0.05, 0.1) is 0 Å². The molecule has 0 saturated carbocycles. The number of furan rings is 1. The monoisotopic (exact) mass is 739 g/mol. The number of nitrogens with zero attached hydrogens (tertiary/aromatic N) is 1. The van der Waals surface area contributed by atoms with E-state index >= 15 is 0 Å². The fraction of sp³-hybridized carbons (Fsp3) is 0. The Bertz CT molecular complexity index is 3250. The summed E-state index contributed by atoms with van der Waals surface area (Å²) in [7, 11) is 0. The number of benzene rings is 10. The highest BCUT2D eigenvalue weighted by atomic mass is 16.3. The van der Waals surface area contributed by atoms with Crippen LogP contribution in [0.25, 0.3) is 88.0 Å². The van der Waals surface area contributed by atoms with Crippen LogP contribution >= 0.6 is 0 Å². The standard InChI is InChI=1S/C56H37NO/c1-3-16-49-40(10-1)12-8-19-51(49)42-24-22-38(23-25-42)39-26-31-46(32-27-39)57(47-33-28-43(29-34-47)52-20-9-13-41-11-2-4-17-50(41)52)48-15-7-14-44(36-48)45-30-35-56-54(37-45)53-18-5-6-21-55(53)58-56/h1-37H. The zero-order chi connectivity index (χ0) is 38.4. The summed E-state index contributed by atoms with van der Waals surface area (Å²) < 4.78 is 6.16. The Balaban J connectivity index is 0.972. The Labute approximate surface area is 337 Å². The molecule has 11 rings (SSSR count). The van der Waals surface area contributed by atoms with Crippen LogP contribution in [0.1, 0.15) is 0 Å². The highest BCUT2D eigenvalue weighted by Crippen LogP contribution is 2.40. The molecule has 10 aromatic carbocycles. The van der Waals surface area contributed by atoms with Crippen LogP contribution in [-0.4, -0.2) is 0 Å². The predicted molar refractivity (Wildman–Crippen MR) is 245 cm³/mol. The third-order valence-electron chi connectivity index (χ3n) is 11.5. The average molecular weight is 740 g/mol. The lowest BCUT2D eigenvalue weighted by molar-refractivity contribution is 0.669. The molecule has 0 spiro atoms. The Hall–Kier alpha value is -7.68. The van der Waals surface area contributed by atoms with Gasteiger partial charge in [-0.05, 0) is 121 Å². The van der Waals surface area contributed by atoms with Crippen molar-refractivity contribution in [1.29, 1.82) is 0 Å². The highest BCUT2D eigenvalue weighted by molar-refractivity contribution is 6.06. The molecule has 0 aliphatic carbocycles. The molecule has 272 valence electrons. The molecule has 0 saturated heterocycles. The van der Waals surface area contributed by atoms with E-state index in [-0.39, 0.29) is 0 Å². The van der Waals surface area contributed by atoms with Crippen LogP contribution < -0.4 is 4.90 Å². The number of hydrogen-bond acceptors (Lipinski definition) is 2. The van der Waals surface area contributed by atoms with Crippen LogP contribution in [0.2, 0.25) is 0 Å². The number of anilines is 3. The lowest BCUT2D eigenvalue weighted by Crippen LogP contribution is -2.10. The minimum Gasteiger partial charge on any atom is -0.456 e. The zero-order valence-corrected chi connectivity index (χ0v) is 31.7. The first-order chi connectivity index (χ1) is 28.7. The second kappa shape index (κ2) is 14.1. The summed E-state index contributed by atoms with van der Waals surface area (Å²) in [5, 5.41) is 7.28. The van der Waals surface area contributed by atoms with Crippen molar-refractivity contribution in [2.75, 3.05) is 4.90 Å². The van der Waals surface area contributed by atoms with Gasteiger partial charge in [0.1, 0.15) is 11.2 Å². The first-order valence-corrected chi connectivity index (χ1v) is 19.8. The maximum Gasteiger partial charge on any atom is 0.135 e. The van der Waals surface area contributed by atoms with Gasteiger partial charge in [-0.1, -0.05) is 170 Å². The molecule has 0 atom stereocenters. The maximum absolute atomic E-state index is 6.16. The van der Waals surface area contributed by atoms with Crippen LogP contribution in [0.3, 0.4) is 0 Å². The summed E-state index contributed by atoms with van der Waals surface area (Å²) in [6.45, 7) is 0. The predicted octanol–water partition coefficient (Wildman–Crippen LogP) is 16.0. The molecular formula is C56H37NO. The zero-order valence-electron chi connectivity index (χ0n) is 31.7. The van der Waals surface area contributed by atoms with Crippen molar-refractivity contribution >= 4 is 60.5 Å². The van der Waals surface area contributed by atoms with Crippen molar-refractivity contribution in [3.8, 4) is 44.5 Å². The van der Waals surface area contributed by atoms with Crippen LogP contribution in [0.15, 0.2) is 229 Å². The molecular weight excluding hydrogens is 703 g/mol. The van der Waals surface area contributed by atoms with E-state index in [9.17, 15) is 0 Å². The van der Waals surface area contributed by atoms with Crippen LogP contribution in [0.5, 0.6) is 0 Å². The number of para-hydroxylation sites is 1. The van der Waals surface area contributed by atoms with Gasteiger partial charge in [0.2, 0.25) is 0 Å². The quantitative estimate of drug-likeness (QED) is 0.162. The Morgan fingerprint density at radius 2 is 0.707 bits per heavy atom. The number of rotatable bonds is 7. The van der Waals surface area contributed by atoms with Gasteiger partial charge in [0.15, 0.2) is 0 Å². The molecule has 0 radical (unpaired) electrons. The van der Waals surface area contributed by atoms with Crippen LogP contribution in [0.4, 0.5) is 17.1 Å². The molecule has 1 aromatic heterocycles. The average Bonchev–Trinajstić information content (AvgIpc) is 3.67. The summed E-state index contributed by atoms with van der Waals surface area (Å²) in [5.41, 5.74) is 14.6. The minimum absolute atomic E-state index is 0.900. The van der Waals surface area contributed by atoms with E-state index in [1.54, 1.807) is 0 Å². The minimum atomic E-state index is 0.900. The van der Waals surface area contributed by atoms with Crippen molar-refractivity contribution in [1.82, 2.24) is 0 Å². The van der Waals surface area contributed by atoms with Gasteiger partial charge in [0, 0.05) is 27.8 Å². The summed E-state index contributed by atoms with van der Waals surface area (Å²) in [6.07, 6.45) is 0. The molecule has 0 unspecified atom stereocenters. The number of fused-ring (bicyclic) bond motifs is 5. The van der Waals surface area contributed by atoms with E-state index in [0.29, 0.717) is 0 Å². The lowest BCUT2D eigenvalue weighted by Gasteiger charge is -2.26. The molecule has 0 amide bonds. The van der Waals surface area contributed by atoms with E-state index in [0.717, 1.165) is 50.1 Å². The highest BCUT2D eigenvalue weighted by Gasteiger charge is 2.16. The summed E-state index contributed by atoms with van der Waals surface area (Å²) >= 11 is 0. The summed E-state index contributed by atoms with van der Waals surface area (Å²) in [6, 6.07) is 80.8. The van der Waals surface area contributed by atoms with Gasteiger partial charge < -0.3 is 9.32 Å². The van der Waals surface area contributed by atoms with Crippen molar-refractivity contribution in [3.05, 3.63) is 224 Å². The van der Waals surface area contributed by atoms with E-state index in [2.05, 4.69) is 217 Å². The SMILES string of the molecule is c1cc(-c2ccc3oc4ccccc4c3c2)cc(N(c2ccc(-c3ccc(-c4cccc5ccccc45)cc3)cc2)c2ccc(-c3cccc4ccccc34)cc2)c1. The van der Waals surface area contributed by atoms with E-state index in [4.69, 9.17) is 4.42 Å². The summed E-state index contributed by atoms with van der Waals surface area (Å²) in [5.74, 6) is 0. The van der Waals surface area contributed by atoms with Gasteiger partial charge in [-0.3, -0.25) is 0 Å². The Kier molecular flexibility index (Phi) is 8.19. The third kappa shape index (κ3) is 6.00. The smallest absolute Gasteiger partial charge is 0.135 e. The Morgan fingerprint density at radius 1 is 0.259 bits per heavy atom. The van der Waals surface area contributed by atoms with Gasteiger partial charge in [0.25, 0.3) is 0 Å². The van der Waals surface area contributed by atoms with Gasteiger partial charge >= 0.3 is 0 Å². The molecule has 0 fully saturated rings. The maximum atomic E-state index is 6.16. The van der Waals surface area contributed by atoms with Crippen molar-refractivity contribution in [2.45, 2.75) is 0 Å². The first-order valence-electron chi connectivity index (χ1n) is 19.8. The molecule has 0 bridgehead atoms. The fourth-order valence-electron chi connectivity index (χ4n) is 8.57. The molecule has 2 heteroatoms. The second-order valence-electron chi connectivity index (χ2n) is 14.9. The molecule has 0 N–H and O–H groups in total. The van der Waals surface area contributed by atoms with Gasteiger partial charge in [-0.2, -0.15) is 0 Å². The van der Waals surface area contributed by atoms with Crippen molar-refractivity contribution in [3.63, 3.8) is 0 Å². The normalized spacial score (nSPS) is 11.4. The molecule has 11 aromatic rings. The largest absolute Gasteiger partial charge is 0.456 e. The topological polar surface area (TPSA) is 16.4 Å². The van der Waals surface area contributed by atoms with E-state index in [1.807, 2.05) is 12.1 Å². The third-order valence-corrected chi connectivity index (χ3v) is 11.5. The van der Waals surface area contributed by atoms with E-state index in [1.165, 1.54) is 54.9 Å². The molecule has 0 aliphatic rings. The molecule has 2 nitrogen and oxygen atoms in total. The first kappa shape index (κ1) is 33.6. The van der Waals surface area contributed by atoms with Crippen molar-refractivity contribution < 1.29 is 4.42 Å². The van der Waals surface area contributed by atoms with Crippen LogP contribution in [0, 0.1) is 0 Å². The fourth-order valence-corrected chi connectivity index (χ4v) is 8.57. The second-order valence-corrected chi connectivity index (χ2v) is 14.9. The van der Waals surface area contributed by atoms with Gasteiger partial charge in [-0.15, -0.1) is 0 Å². The summed E-state index contributed by atoms with van der Waals surface area (Å²) in [4.78, 5) is 2.36. The van der Waals surface area contributed by atoms with Crippen LogP contribution in [-0.2, 0) is 0 Å². The molecule has 1 heterocycles.